The first-order valence-electron chi connectivity index (χ1n) is 4.01. The summed E-state index contributed by atoms with van der Waals surface area (Å²) in [6.07, 6.45) is 3.40. The largest absolute Gasteiger partial charge is 0.369 e. The molecule has 1 saturated heterocycles. The molecule has 1 rings (SSSR count). The van der Waals surface area contributed by atoms with E-state index in [9.17, 15) is 4.79 Å². The van der Waals surface area contributed by atoms with E-state index in [0.717, 1.165) is 19.4 Å². The van der Waals surface area contributed by atoms with Crippen molar-refractivity contribution >= 4 is 24.7 Å². The molecular weight excluding hydrogens is 192 g/mol. The molecule has 1 aliphatic heterocycles. The number of carbonyl (C=O) groups is 1. The lowest BCUT2D eigenvalue weighted by molar-refractivity contribution is -0.122. The van der Waals surface area contributed by atoms with Gasteiger partial charge in [-0.05, 0) is 12.8 Å². The van der Waals surface area contributed by atoms with Crippen LogP contribution in [0.1, 0.15) is 12.8 Å². The molecule has 4 N–H and O–H groups in total. The number of primary amides is 1. The molecule has 5 nitrogen and oxygen atoms in total. The highest BCUT2D eigenvalue weighted by Gasteiger charge is 2.22. The van der Waals surface area contributed by atoms with Crippen molar-refractivity contribution in [2.45, 2.75) is 12.8 Å². The number of carbonyl (C=O) groups excluding carboxylic acids is 1. The highest BCUT2D eigenvalue weighted by molar-refractivity contribution is 5.85. The second kappa shape index (κ2) is 5.64. The zero-order chi connectivity index (χ0) is 8.97. The van der Waals surface area contributed by atoms with Crippen LogP contribution in [-0.2, 0) is 4.79 Å². The normalized spacial score (nSPS) is 22.8. The van der Waals surface area contributed by atoms with Gasteiger partial charge in [-0.1, -0.05) is 0 Å². The van der Waals surface area contributed by atoms with Crippen LogP contribution in [0.3, 0.4) is 0 Å². The zero-order valence-electron chi connectivity index (χ0n) is 7.35. The van der Waals surface area contributed by atoms with Gasteiger partial charge in [0.05, 0.1) is 5.92 Å². The topological polar surface area (TPSA) is 84.7 Å². The van der Waals surface area contributed by atoms with Crippen molar-refractivity contribution in [3.05, 3.63) is 0 Å². The maximum atomic E-state index is 10.8. The second-order valence-corrected chi connectivity index (χ2v) is 3.00. The molecule has 0 saturated carbocycles. The number of piperidine rings is 1. The van der Waals surface area contributed by atoms with Crippen LogP contribution < -0.4 is 11.6 Å². The Morgan fingerprint density at radius 2 is 2.31 bits per heavy atom. The molecule has 1 amide bonds. The minimum absolute atomic E-state index is 0. The fraction of sp³-hybridized carbons (Fsp3) is 0.714. The average molecular weight is 207 g/mol. The van der Waals surface area contributed by atoms with Gasteiger partial charge in [-0.2, -0.15) is 5.10 Å². The molecule has 1 atom stereocenters. The highest BCUT2D eigenvalue weighted by atomic mass is 35.5. The van der Waals surface area contributed by atoms with Crippen LogP contribution in [0.15, 0.2) is 5.10 Å². The summed E-state index contributed by atoms with van der Waals surface area (Å²) >= 11 is 0. The average Bonchev–Trinajstić information content (AvgIpc) is 2.05. The highest BCUT2D eigenvalue weighted by Crippen LogP contribution is 2.14. The Morgan fingerprint density at radius 1 is 1.62 bits per heavy atom. The quantitative estimate of drug-likeness (QED) is 0.277. The van der Waals surface area contributed by atoms with E-state index in [-0.39, 0.29) is 24.2 Å². The lowest BCUT2D eigenvalue weighted by Crippen LogP contribution is -2.40. The van der Waals surface area contributed by atoms with Crippen LogP contribution in [-0.4, -0.2) is 30.2 Å². The summed E-state index contributed by atoms with van der Waals surface area (Å²) < 4.78 is 0. The Balaban J connectivity index is 0.00000144. The van der Waals surface area contributed by atoms with E-state index in [0.29, 0.717) is 6.54 Å². The van der Waals surface area contributed by atoms with Crippen molar-refractivity contribution in [1.82, 2.24) is 4.90 Å². The van der Waals surface area contributed by atoms with Crippen LogP contribution in [0.25, 0.3) is 0 Å². The molecule has 0 bridgehead atoms. The van der Waals surface area contributed by atoms with Gasteiger partial charge in [0.25, 0.3) is 0 Å². The number of nitrogens with zero attached hydrogens (tertiary/aromatic N) is 2. The van der Waals surface area contributed by atoms with Gasteiger partial charge in [-0.25, -0.2) is 0 Å². The molecule has 0 aromatic carbocycles. The Kier molecular flexibility index (Phi) is 5.22. The molecule has 0 radical (unpaired) electrons. The molecular formula is C7H15ClN4O. The van der Waals surface area contributed by atoms with E-state index >= 15 is 0 Å². The maximum absolute atomic E-state index is 10.8. The van der Waals surface area contributed by atoms with Crippen molar-refractivity contribution in [2.75, 3.05) is 13.1 Å². The summed E-state index contributed by atoms with van der Waals surface area (Å²) in [5.41, 5.74) is 5.18. The Labute approximate surface area is 83.5 Å². The summed E-state index contributed by atoms with van der Waals surface area (Å²) in [6.45, 7) is 1.56. The minimum Gasteiger partial charge on any atom is -0.369 e. The summed E-state index contributed by atoms with van der Waals surface area (Å²) in [7, 11) is 0. The van der Waals surface area contributed by atoms with E-state index < -0.39 is 0 Å². The predicted molar refractivity (Wildman–Crippen MR) is 53.4 cm³/mol. The Hall–Kier alpha value is -0.970. The Morgan fingerprint density at radius 3 is 2.85 bits per heavy atom. The lowest BCUT2D eigenvalue weighted by Gasteiger charge is -2.28. The van der Waals surface area contributed by atoms with Crippen LogP contribution >= 0.6 is 12.4 Å². The van der Waals surface area contributed by atoms with E-state index in [1.54, 1.807) is 6.34 Å². The summed E-state index contributed by atoms with van der Waals surface area (Å²) in [4.78, 5) is 12.7. The minimum atomic E-state index is -0.231. The third-order valence-electron chi connectivity index (χ3n) is 2.09. The Bertz CT molecular complexity index is 197. The molecule has 6 heteroatoms. The van der Waals surface area contributed by atoms with Crippen molar-refractivity contribution in [2.24, 2.45) is 22.6 Å². The molecule has 0 unspecified atom stereocenters. The summed E-state index contributed by atoms with van der Waals surface area (Å²) in [5.74, 6) is 4.72. The van der Waals surface area contributed by atoms with Crippen molar-refractivity contribution in [1.29, 1.82) is 0 Å². The van der Waals surface area contributed by atoms with E-state index in [1.165, 1.54) is 0 Å². The SMILES string of the molecule is Cl.NN=CN1CCC[C@H](C(N)=O)C1. The van der Waals surface area contributed by atoms with E-state index in [1.807, 2.05) is 4.90 Å². The first kappa shape index (κ1) is 12.0. The monoisotopic (exact) mass is 206 g/mol. The van der Waals surface area contributed by atoms with Gasteiger partial charge in [0.15, 0.2) is 0 Å². The molecule has 0 aliphatic carbocycles. The fourth-order valence-corrected chi connectivity index (χ4v) is 1.44. The van der Waals surface area contributed by atoms with Crippen molar-refractivity contribution in [3.63, 3.8) is 0 Å². The van der Waals surface area contributed by atoms with Gasteiger partial charge in [-0.15, -0.1) is 12.4 Å². The molecule has 13 heavy (non-hydrogen) atoms. The summed E-state index contributed by atoms with van der Waals surface area (Å²) in [5, 5.41) is 3.40. The van der Waals surface area contributed by atoms with Crippen LogP contribution in [0.5, 0.6) is 0 Å². The number of hydrazone groups is 1. The van der Waals surface area contributed by atoms with Crippen LogP contribution in [0.4, 0.5) is 0 Å². The van der Waals surface area contributed by atoms with E-state index in [4.69, 9.17) is 11.6 Å². The van der Waals surface area contributed by atoms with Gasteiger partial charge >= 0.3 is 0 Å². The molecule has 0 aromatic rings. The van der Waals surface area contributed by atoms with Gasteiger partial charge in [0.2, 0.25) is 5.91 Å². The molecule has 0 spiro atoms. The third-order valence-corrected chi connectivity index (χ3v) is 2.09. The summed E-state index contributed by atoms with van der Waals surface area (Å²) in [6, 6.07) is 0. The lowest BCUT2D eigenvalue weighted by atomic mass is 9.98. The fourth-order valence-electron chi connectivity index (χ4n) is 1.44. The predicted octanol–water partition coefficient (Wildman–Crippen LogP) is -0.492. The maximum Gasteiger partial charge on any atom is 0.222 e. The van der Waals surface area contributed by atoms with Gasteiger partial charge in [0, 0.05) is 13.1 Å². The van der Waals surface area contributed by atoms with Gasteiger partial charge in [0.1, 0.15) is 6.34 Å². The standard InChI is InChI=1S/C7H14N4O.ClH/c8-7(12)6-2-1-3-11(4-6)5-10-9;/h5-6H,1-4,9H2,(H2,8,12);1H/t6-;/m0./s1. The molecule has 0 aromatic heterocycles. The van der Waals surface area contributed by atoms with Crippen LogP contribution in [0, 0.1) is 5.92 Å². The van der Waals surface area contributed by atoms with E-state index in [2.05, 4.69) is 5.10 Å². The number of hydrogen-bond donors (Lipinski definition) is 2. The number of amides is 1. The van der Waals surface area contributed by atoms with Gasteiger partial charge in [-0.3, -0.25) is 4.79 Å². The second-order valence-electron chi connectivity index (χ2n) is 3.00. The number of halogens is 1. The van der Waals surface area contributed by atoms with Crippen LogP contribution in [0.2, 0.25) is 0 Å². The first-order chi connectivity index (χ1) is 5.74. The van der Waals surface area contributed by atoms with Gasteiger partial charge < -0.3 is 16.5 Å². The number of nitrogens with two attached hydrogens (primary N) is 2. The third kappa shape index (κ3) is 3.50. The number of rotatable bonds is 2. The first-order valence-corrected chi connectivity index (χ1v) is 4.01. The van der Waals surface area contributed by atoms with Crippen molar-refractivity contribution in [3.8, 4) is 0 Å². The van der Waals surface area contributed by atoms with Crippen molar-refractivity contribution < 1.29 is 4.79 Å². The smallest absolute Gasteiger partial charge is 0.222 e. The zero-order valence-corrected chi connectivity index (χ0v) is 8.17. The molecule has 1 fully saturated rings. The molecule has 1 aliphatic rings. The number of hydrogen-bond acceptors (Lipinski definition) is 3. The number of likely N-dealkylation sites (tertiary alicyclic amines) is 1. The molecule has 1 heterocycles. The molecule has 76 valence electrons.